The lowest BCUT2D eigenvalue weighted by Crippen LogP contribution is -2.49. The van der Waals surface area contributed by atoms with Crippen LogP contribution in [0.25, 0.3) is 0 Å². The summed E-state index contributed by atoms with van der Waals surface area (Å²) in [5, 5.41) is 10.0. The first-order chi connectivity index (χ1) is 12.0. The summed E-state index contributed by atoms with van der Waals surface area (Å²) >= 11 is 0. The zero-order valence-corrected chi connectivity index (χ0v) is 14.4. The second-order valence-electron chi connectivity index (χ2n) is 7.38. The number of carbonyl (C=O) groups excluding carboxylic acids is 1. The Labute approximate surface area is 147 Å². The molecule has 0 spiro atoms. The van der Waals surface area contributed by atoms with Crippen molar-refractivity contribution in [1.29, 1.82) is 0 Å². The molecule has 0 saturated carbocycles. The summed E-state index contributed by atoms with van der Waals surface area (Å²) in [5.41, 5.74) is 0.691. The fourth-order valence-electron chi connectivity index (χ4n) is 4.02. The third-order valence-corrected chi connectivity index (χ3v) is 5.43. The smallest absolute Gasteiger partial charge is 0.249 e. The third-order valence-electron chi connectivity index (χ3n) is 5.43. The van der Waals surface area contributed by atoms with E-state index in [0.717, 1.165) is 50.2 Å². The van der Waals surface area contributed by atoms with Gasteiger partial charge in [-0.1, -0.05) is 12.1 Å². The molecule has 1 heterocycles. The van der Waals surface area contributed by atoms with E-state index in [1.165, 1.54) is 12.1 Å². The normalized spacial score (nSPS) is 24.1. The molecule has 3 rings (SSSR count). The third kappa shape index (κ3) is 4.09. The van der Waals surface area contributed by atoms with Gasteiger partial charge in [0, 0.05) is 30.1 Å². The summed E-state index contributed by atoms with van der Waals surface area (Å²) in [7, 11) is 0. The van der Waals surface area contributed by atoms with Crippen LogP contribution in [0.1, 0.15) is 44.1 Å². The minimum Gasteiger partial charge on any atom is -0.396 e. The van der Waals surface area contributed by atoms with Crippen molar-refractivity contribution in [2.45, 2.75) is 44.9 Å². The van der Waals surface area contributed by atoms with E-state index in [0.29, 0.717) is 25.1 Å². The van der Waals surface area contributed by atoms with Crippen molar-refractivity contribution in [3.05, 3.63) is 47.0 Å². The van der Waals surface area contributed by atoms with Crippen LogP contribution in [0.2, 0.25) is 0 Å². The zero-order valence-electron chi connectivity index (χ0n) is 14.4. The highest BCUT2D eigenvalue weighted by Crippen LogP contribution is 2.35. The largest absolute Gasteiger partial charge is 0.396 e. The minimum absolute atomic E-state index is 0.0526. The monoisotopic (exact) mass is 349 g/mol. The summed E-state index contributed by atoms with van der Waals surface area (Å²) in [4.78, 5) is 14.6. The molecule has 1 fully saturated rings. The maximum absolute atomic E-state index is 14.0. The predicted molar refractivity (Wildman–Crippen MR) is 91.9 cm³/mol. The molecule has 1 aromatic carbocycles. The summed E-state index contributed by atoms with van der Waals surface area (Å²) in [6, 6.07) is 3.55. The molecular formula is C20H25F2NO2. The Bertz CT molecular complexity index is 674. The van der Waals surface area contributed by atoms with Crippen LogP contribution >= 0.6 is 0 Å². The van der Waals surface area contributed by atoms with E-state index in [2.05, 4.69) is 0 Å². The van der Waals surface area contributed by atoms with Crippen LogP contribution in [0.3, 0.4) is 0 Å². The molecule has 1 aliphatic heterocycles. The number of carbonyl (C=O) groups is 1. The van der Waals surface area contributed by atoms with E-state index in [4.69, 9.17) is 0 Å². The van der Waals surface area contributed by atoms with Gasteiger partial charge in [-0.2, -0.15) is 0 Å². The number of hydrogen-bond donors (Lipinski definition) is 1. The van der Waals surface area contributed by atoms with Crippen molar-refractivity contribution in [2.24, 2.45) is 5.41 Å². The first-order valence-electron chi connectivity index (χ1n) is 9.06. The molecule has 0 aromatic heterocycles. The van der Waals surface area contributed by atoms with Crippen molar-refractivity contribution in [3.8, 4) is 0 Å². The van der Waals surface area contributed by atoms with Crippen LogP contribution in [-0.2, 0) is 11.2 Å². The van der Waals surface area contributed by atoms with Gasteiger partial charge < -0.3 is 10.0 Å². The quantitative estimate of drug-likeness (QED) is 0.902. The highest BCUT2D eigenvalue weighted by atomic mass is 19.1. The number of piperidine rings is 1. The summed E-state index contributed by atoms with van der Waals surface area (Å²) < 4.78 is 27.2. The summed E-state index contributed by atoms with van der Waals surface area (Å²) in [6.45, 7) is 0.965. The molecule has 1 atom stereocenters. The fraction of sp³-hybridized carbons (Fsp3) is 0.550. The van der Waals surface area contributed by atoms with Crippen LogP contribution in [0, 0.1) is 17.0 Å². The Kier molecular flexibility index (Phi) is 5.52. The molecule has 0 radical (unpaired) electrons. The number of aliphatic hydroxyl groups is 1. The van der Waals surface area contributed by atoms with Crippen molar-refractivity contribution in [2.75, 3.05) is 19.7 Å². The standard InChI is InChI=1S/C20H25F2NO2/c21-17-8-7-16(18(22)11-17)12-20(14-24)9-4-10-23(13-20)19(25)15-5-2-1-3-6-15/h5,7-8,11,24H,1-4,6,9-10,12-14H2. The van der Waals surface area contributed by atoms with Gasteiger partial charge >= 0.3 is 0 Å². The molecule has 1 unspecified atom stereocenters. The molecule has 1 N–H and O–H groups in total. The van der Waals surface area contributed by atoms with E-state index in [1.807, 2.05) is 6.08 Å². The SMILES string of the molecule is O=C(C1=CCCCC1)N1CCCC(CO)(Cc2ccc(F)cc2F)C1. The average Bonchev–Trinajstić information content (AvgIpc) is 2.64. The van der Waals surface area contributed by atoms with Crippen LogP contribution in [0.15, 0.2) is 29.8 Å². The molecule has 25 heavy (non-hydrogen) atoms. The van der Waals surface area contributed by atoms with Crippen molar-refractivity contribution in [1.82, 2.24) is 4.90 Å². The Balaban J connectivity index is 1.76. The topological polar surface area (TPSA) is 40.5 Å². The van der Waals surface area contributed by atoms with Crippen molar-refractivity contribution >= 4 is 5.91 Å². The lowest BCUT2D eigenvalue weighted by molar-refractivity contribution is -0.131. The van der Waals surface area contributed by atoms with E-state index in [9.17, 15) is 18.7 Å². The number of likely N-dealkylation sites (tertiary alicyclic amines) is 1. The summed E-state index contributed by atoms with van der Waals surface area (Å²) in [5.74, 6) is -1.15. The number of nitrogens with zero attached hydrogens (tertiary/aromatic N) is 1. The molecular weight excluding hydrogens is 324 g/mol. The highest BCUT2D eigenvalue weighted by Gasteiger charge is 2.38. The number of benzene rings is 1. The van der Waals surface area contributed by atoms with Gasteiger partial charge in [0.2, 0.25) is 5.91 Å². The molecule has 5 heteroatoms. The lowest BCUT2D eigenvalue weighted by Gasteiger charge is -2.42. The highest BCUT2D eigenvalue weighted by molar-refractivity contribution is 5.93. The number of aliphatic hydroxyl groups excluding tert-OH is 1. The van der Waals surface area contributed by atoms with Gasteiger partial charge in [-0.05, 0) is 56.6 Å². The number of halogens is 2. The first-order valence-corrected chi connectivity index (χ1v) is 9.06. The Hall–Kier alpha value is -1.75. The second kappa shape index (κ2) is 7.65. The Morgan fingerprint density at radius 1 is 1.24 bits per heavy atom. The predicted octanol–water partition coefficient (Wildman–Crippen LogP) is 3.61. The number of allylic oxidation sites excluding steroid dienone is 1. The molecule has 1 amide bonds. The van der Waals surface area contributed by atoms with Crippen molar-refractivity contribution in [3.63, 3.8) is 0 Å². The maximum atomic E-state index is 14.0. The second-order valence-corrected chi connectivity index (χ2v) is 7.38. The van der Waals surface area contributed by atoms with Crippen LogP contribution in [0.4, 0.5) is 8.78 Å². The van der Waals surface area contributed by atoms with E-state index >= 15 is 0 Å². The maximum Gasteiger partial charge on any atom is 0.249 e. The molecule has 1 saturated heterocycles. The average molecular weight is 349 g/mol. The zero-order chi connectivity index (χ0) is 17.9. The van der Waals surface area contributed by atoms with Gasteiger partial charge in [0.1, 0.15) is 11.6 Å². The molecule has 2 aliphatic rings. The van der Waals surface area contributed by atoms with E-state index in [-0.39, 0.29) is 12.5 Å². The van der Waals surface area contributed by atoms with Crippen molar-refractivity contribution < 1.29 is 18.7 Å². The van der Waals surface area contributed by atoms with Gasteiger partial charge in [-0.25, -0.2) is 8.78 Å². The minimum atomic E-state index is -0.607. The van der Waals surface area contributed by atoms with Gasteiger partial charge in [0.15, 0.2) is 0 Å². The van der Waals surface area contributed by atoms with Crippen LogP contribution in [-0.4, -0.2) is 35.6 Å². The first kappa shape index (κ1) is 18.1. The Morgan fingerprint density at radius 3 is 2.76 bits per heavy atom. The summed E-state index contributed by atoms with van der Waals surface area (Å²) in [6.07, 6.45) is 7.76. The van der Waals surface area contributed by atoms with Gasteiger partial charge in [-0.15, -0.1) is 0 Å². The Morgan fingerprint density at radius 2 is 2.08 bits per heavy atom. The lowest BCUT2D eigenvalue weighted by atomic mass is 9.75. The van der Waals surface area contributed by atoms with Gasteiger partial charge in [-0.3, -0.25) is 4.79 Å². The number of amides is 1. The van der Waals surface area contributed by atoms with Crippen LogP contribution < -0.4 is 0 Å². The molecule has 0 bridgehead atoms. The van der Waals surface area contributed by atoms with E-state index < -0.39 is 17.0 Å². The number of rotatable bonds is 4. The molecule has 136 valence electrons. The van der Waals surface area contributed by atoms with Gasteiger partial charge in [0.05, 0.1) is 6.61 Å². The molecule has 1 aliphatic carbocycles. The number of hydrogen-bond acceptors (Lipinski definition) is 2. The molecule has 3 nitrogen and oxygen atoms in total. The molecule has 1 aromatic rings. The van der Waals surface area contributed by atoms with Crippen LogP contribution in [0.5, 0.6) is 0 Å². The van der Waals surface area contributed by atoms with E-state index in [1.54, 1.807) is 4.90 Å². The van der Waals surface area contributed by atoms with Gasteiger partial charge in [0.25, 0.3) is 0 Å². The fourth-order valence-corrected chi connectivity index (χ4v) is 4.02.